The van der Waals surface area contributed by atoms with Gasteiger partial charge in [-0.05, 0) is 55.8 Å². The largest absolute Gasteiger partial charge is 0.346 e. The van der Waals surface area contributed by atoms with Crippen LogP contribution in [0, 0.1) is 17.1 Å². The lowest BCUT2D eigenvalue weighted by Gasteiger charge is -2.17. The first-order chi connectivity index (χ1) is 10.1. The zero-order chi connectivity index (χ0) is 15.2. The molecule has 1 aromatic heterocycles. The van der Waals surface area contributed by atoms with Crippen LogP contribution in [0.1, 0.15) is 43.1 Å². The minimum atomic E-state index is -0.366. The third-order valence-electron chi connectivity index (χ3n) is 3.45. The van der Waals surface area contributed by atoms with Crippen LogP contribution in [-0.4, -0.2) is 11.1 Å². The molecule has 1 heterocycles. The Bertz CT molecular complexity index is 640. The molecule has 0 spiro atoms. The minimum Gasteiger partial charge on any atom is -0.346 e. The fraction of sp³-hybridized carbons (Fsp3) is 0.353. The van der Waals surface area contributed by atoms with Gasteiger partial charge < -0.3 is 9.88 Å². The highest BCUT2D eigenvalue weighted by atomic mass is 19.1. The quantitative estimate of drug-likeness (QED) is 0.881. The smallest absolute Gasteiger partial charge is 0.124 e. The highest BCUT2D eigenvalue weighted by molar-refractivity contribution is 5.34. The minimum absolute atomic E-state index is 0.240. The summed E-state index contributed by atoms with van der Waals surface area (Å²) in [6.07, 6.45) is 3.07. The van der Waals surface area contributed by atoms with Gasteiger partial charge in [0.2, 0.25) is 0 Å². The average molecular weight is 285 g/mol. The van der Waals surface area contributed by atoms with Gasteiger partial charge in [0, 0.05) is 24.5 Å². The summed E-state index contributed by atoms with van der Waals surface area (Å²) in [4.78, 5) is 0. The van der Waals surface area contributed by atoms with Gasteiger partial charge in [0.25, 0.3) is 0 Å². The standard InChI is InChI=1S/C17H20FN3/c1-3-6-20-13(2)17-5-4-7-21(17)12-15-8-14(11-19)9-16(18)10-15/h4-5,7-10,13,20H,3,6,12H2,1-2H3. The van der Waals surface area contributed by atoms with Crippen molar-refractivity contribution in [2.45, 2.75) is 32.9 Å². The first kappa shape index (κ1) is 15.3. The zero-order valence-electron chi connectivity index (χ0n) is 12.4. The van der Waals surface area contributed by atoms with Crippen LogP contribution >= 0.6 is 0 Å². The maximum Gasteiger partial charge on any atom is 0.124 e. The SMILES string of the molecule is CCCNC(C)c1cccn1Cc1cc(F)cc(C#N)c1. The van der Waals surface area contributed by atoms with E-state index in [1.165, 1.54) is 12.1 Å². The fourth-order valence-corrected chi connectivity index (χ4v) is 2.43. The van der Waals surface area contributed by atoms with Gasteiger partial charge in [0.1, 0.15) is 5.82 Å². The Kier molecular flexibility index (Phi) is 5.13. The highest BCUT2D eigenvalue weighted by Gasteiger charge is 2.10. The summed E-state index contributed by atoms with van der Waals surface area (Å²) in [5.74, 6) is -0.366. The van der Waals surface area contributed by atoms with Crippen LogP contribution in [0.15, 0.2) is 36.5 Å². The van der Waals surface area contributed by atoms with E-state index in [0.29, 0.717) is 12.1 Å². The van der Waals surface area contributed by atoms with Gasteiger partial charge in [-0.25, -0.2) is 4.39 Å². The second-order valence-electron chi connectivity index (χ2n) is 5.20. The molecule has 0 amide bonds. The first-order valence-electron chi connectivity index (χ1n) is 7.22. The Labute approximate surface area is 125 Å². The van der Waals surface area contributed by atoms with Gasteiger partial charge in [-0.2, -0.15) is 5.26 Å². The Morgan fingerprint density at radius 1 is 1.38 bits per heavy atom. The molecule has 3 nitrogen and oxygen atoms in total. The summed E-state index contributed by atoms with van der Waals surface area (Å²) in [5, 5.41) is 12.4. The molecule has 4 heteroatoms. The monoisotopic (exact) mass is 285 g/mol. The van der Waals surface area contributed by atoms with Crippen molar-refractivity contribution in [3.05, 3.63) is 59.2 Å². The molecule has 0 saturated heterocycles. The molecule has 1 atom stereocenters. The number of hydrogen-bond donors (Lipinski definition) is 1. The van der Waals surface area contributed by atoms with E-state index in [2.05, 4.69) is 29.8 Å². The summed E-state index contributed by atoms with van der Waals surface area (Å²) < 4.78 is 15.6. The van der Waals surface area contributed by atoms with Crippen molar-refractivity contribution >= 4 is 0 Å². The molecule has 0 aliphatic heterocycles. The van der Waals surface area contributed by atoms with Gasteiger partial charge in [0.15, 0.2) is 0 Å². The molecule has 1 aromatic carbocycles. The van der Waals surface area contributed by atoms with Gasteiger partial charge >= 0.3 is 0 Å². The molecule has 21 heavy (non-hydrogen) atoms. The van der Waals surface area contributed by atoms with Crippen LogP contribution in [0.4, 0.5) is 4.39 Å². The van der Waals surface area contributed by atoms with Crippen LogP contribution in [0.25, 0.3) is 0 Å². The van der Waals surface area contributed by atoms with E-state index in [-0.39, 0.29) is 11.9 Å². The van der Waals surface area contributed by atoms with Crippen LogP contribution in [0.3, 0.4) is 0 Å². The van der Waals surface area contributed by atoms with Crippen LogP contribution in [0.2, 0.25) is 0 Å². The van der Waals surface area contributed by atoms with Crippen molar-refractivity contribution in [2.75, 3.05) is 6.54 Å². The molecule has 0 radical (unpaired) electrons. The van der Waals surface area contributed by atoms with E-state index < -0.39 is 0 Å². The summed E-state index contributed by atoms with van der Waals surface area (Å²) in [6.45, 7) is 5.78. The van der Waals surface area contributed by atoms with E-state index in [9.17, 15) is 4.39 Å². The fourth-order valence-electron chi connectivity index (χ4n) is 2.43. The Balaban J connectivity index is 2.19. The lowest BCUT2D eigenvalue weighted by molar-refractivity contribution is 0.534. The summed E-state index contributed by atoms with van der Waals surface area (Å²) in [6, 6.07) is 10.8. The van der Waals surface area contributed by atoms with Crippen LogP contribution in [-0.2, 0) is 6.54 Å². The van der Waals surface area contributed by atoms with Crippen molar-refractivity contribution in [3.63, 3.8) is 0 Å². The Morgan fingerprint density at radius 2 is 2.19 bits per heavy atom. The number of hydrogen-bond acceptors (Lipinski definition) is 2. The summed E-state index contributed by atoms with van der Waals surface area (Å²) in [5.41, 5.74) is 2.31. The number of halogens is 1. The third kappa shape index (κ3) is 3.93. The van der Waals surface area contributed by atoms with Crippen molar-refractivity contribution < 1.29 is 4.39 Å². The van der Waals surface area contributed by atoms with E-state index >= 15 is 0 Å². The number of benzene rings is 1. The molecule has 0 aliphatic carbocycles. The topological polar surface area (TPSA) is 40.8 Å². The molecule has 110 valence electrons. The van der Waals surface area contributed by atoms with E-state index in [4.69, 9.17) is 5.26 Å². The molecule has 2 rings (SSSR count). The average Bonchev–Trinajstić information content (AvgIpc) is 2.92. The lowest BCUT2D eigenvalue weighted by Crippen LogP contribution is -2.22. The molecule has 1 N–H and O–H groups in total. The van der Waals surface area contributed by atoms with Crippen LogP contribution < -0.4 is 5.32 Å². The predicted octanol–water partition coefficient (Wildman–Crippen LogP) is 3.61. The number of nitrogens with one attached hydrogen (secondary N) is 1. The number of rotatable bonds is 6. The van der Waals surface area contributed by atoms with E-state index in [1.54, 1.807) is 6.07 Å². The lowest BCUT2D eigenvalue weighted by atomic mass is 10.1. The molecule has 2 aromatic rings. The third-order valence-corrected chi connectivity index (χ3v) is 3.45. The van der Waals surface area contributed by atoms with Crippen LogP contribution in [0.5, 0.6) is 0 Å². The predicted molar refractivity (Wildman–Crippen MR) is 81.4 cm³/mol. The number of nitrogens with zero attached hydrogens (tertiary/aromatic N) is 2. The number of aromatic nitrogens is 1. The second-order valence-corrected chi connectivity index (χ2v) is 5.20. The molecule has 0 saturated carbocycles. The molecule has 0 bridgehead atoms. The van der Waals surface area contributed by atoms with Gasteiger partial charge in [-0.3, -0.25) is 0 Å². The Hall–Kier alpha value is -2.12. The summed E-state index contributed by atoms with van der Waals surface area (Å²) >= 11 is 0. The van der Waals surface area contributed by atoms with Crippen molar-refractivity contribution in [1.29, 1.82) is 5.26 Å². The van der Waals surface area contributed by atoms with Gasteiger partial charge in [0.05, 0.1) is 11.6 Å². The van der Waals surface area contributed by atoms with Crippen molar-refractivity contribution in [1.82, 2.24) is 9.88 Å². The zero-order valence-corrected chi connectivity index (χ0v) is 12.4. The van der Waals surface area contributed by atoms with E-state index in [0.717, 1.165) is 24.2 Å². The van der Waals surface area contributed by atoms with Gasteiger partial charge in [-0.1, -0.05) is 6.92 Å². The Morgan fingerprint density at radius 3 is 2.90 bits per heavy atom. The molecule has 0 fully saturated rings. The molecule has 0 aliphatic rings. The van der Waals surface area contributed by atoms with Crippen molar-refractivity contribution in [2.24, 2.45) is 0 Å². The number of nitriles is 1. The first-order valence-corrected chi connectivity index (χ1v) is 7.22. The summed E-state index contributed by atoms with van der Waals surface area (Å²) in [7, 11) is 0. The maximum absolute atomic E-state index is 13.5. The highest BCUT2D eigenvalue weighted by Crippen LogP contribution is 2.17. The second kappa shape index (κ2) is 7.05. The van der Waals surface area contributed by atoms with Crippen molar-refractivity contribution in [3.8, 4) is 6.07 Å². The van der Waals surface area contributed by atoms with Gasteiger partial charge in [-0.15, -0.1) is 0 Å². The molecule has 1 unspecified atom stereocenters. The molecular formula is C17H20FN3. The maximum atomic E-state index is 13.5. The van der Waals surface area contributed by atoms with E-state index in [1.807, 2.05) is 18.3 Å². The normalized spacial score (nSPS) is 12.1. The molecular weight excluding hydrogens is 265 g/mol.